The summed E-state index contributed by atoms with van der Waals surface area (Å²) >= 11 is 0. The Morgan fingerprint density at radius 1 is 1.05 bits per heavy atom. The number of halogens is 1. The number of carboxylic acids is 1. The van der Waals surface area contributed by atoms with E-state index in [0.29, 0.717) is 25.7 Å². The molecule has 0 spiro atoms. The van der Waals surface area contributed by atoms with Crippen molar-refractivity contribution in [3.05, 3.63) is 35.6 Å². The molecule has 2 atom stereocenters. The van der Waals surface area contributed by atoms with Gasteiger partial charge in [-0.2, -0.15) is 0 Å². The molecule has 2 aliphatic carbocycles. The van der Waals surface area contributed by atoms with Gasteiger partial charge in [-0.05, 0) is 49.8 Å². The Kier molecular flexibility index (Phi) is 4.14. The van der Waals surface area contributed by atoms with Gasteiger partial charge in [0.2, 0.25) is 5.91 Å². The number of carbonyl (C=O) groups excluding carboxylic acids is 1. The zero-order chi connectivity index (χ0) is 15.7. The number of rotatable bonds is 4. The van der Waals surface area contributed by atoms with E-state index in [1.807, 2.05) is 0 Å². The Morgan fingerprint density at radius 3 is 2.23 bits per heavy atom. The van der Waals surface area contributed by atoms with E-state index in [0.717, 1.165) is 12.0 Å². The quantitative estimate of drug-likeness (QED) is 0.899. The molecule has 0 aromatic heterocycles. The Balaban J connectivity index is 1.48. The Morgan fingerprint density at radius 2 is 1.64 bits per heavy atom. The maximum Gasteiger partial charge on any atom is 0.306 e. The lowest BCUT2D eigenvalue weighted by atomic mass is 9.81. The average Bonchev–Trinajstić information content (AvgIpc) is 3.27. The Bertz CT molecular complexity index is 564. The van der Waals surface area contributed by atoms with Crippen molar-refractivity contribution in [1.29, 1.82) is 0 Å². The molecule has 22 heavy (non-hydrogen) atoms. The second-order valence-corrected chi connectivity index (χ2v) is 6.40. The van der Waals surface area contributed by atoms with E-state index in [1.165, 1.54) is 12.1 Å². The predicted octanol–water partition coefficient (Wildman–Crippen LogP) is 2.69. The van der Waals surface area contributed by atoms with Gasteiger partial charge in [0.25, 0.3) is 0 Å². The molecule has 1 aromatic carbocycles. The first-order chi connectivity index (χ1) is 10.5. The van der Waals surface area contributed by atoms with Gasteiger partial charge in [-0.15, -0.1) is 0 Å². The molecule has 0 aliphatic heterocycles. The second kappa shape index (κ2) is 6.07. The smallest absolute Gasteiger partial charge is 0.306 e. The maximum atomic E-state index is 12.9. The zero-order valence-corrected chi connectivity index (χ0v) is 12.3. The number of amides is 1. The standard InChI is InChI=1S/C17H20FNO3/c18-13-7-5-10(6-8-13)14-9-15(14)19-16(20)11-1-3-12(4-2-11)17(21)22/h5-8,11-12,14-15H,1-4,9H2,(H,19,20)(H,21,22)/t11?,12?,14-,15+/m0/s1. The topological polar surface area (TPSA) is 66.4 Å². The Hall–Kier alpha value is -1.91. The molecule has 2 saturated carbocycles. The van der Waals surface area contributed by atoms with Gasteiger partial charge in [0.15, 0.2) is 0 Å². The van der Waals surface area contributed by atoms with Gasteiger partial charge in [-0.1, -0.05) is 12.1 Å². The largest absolute Gasteiger partial charge is 0.481 e. The van der Waals surface area contributed by atoms with Gasteiger partial charge < -0.3 is 10.4 Å². The summed E-state index contributed by atoms with van der Waals surface area (Å²) in [6.45, 7) is 0. The fourth-order valence-corrected chi connectivity index (χ4v) is 3.34. The van der Waals surface area contributed by atoms with Crippen molar-refractivity contribution < 1.29 is 19.1 Å². The number of carboxylic acid groups (broad SMARTS) is 1. The van der Waals surface area contributed by atoms with Crippen molar-refractivity contribution in [1.82, 2.24) is 5.32 Å². The number of carbonyl (C=O) groups is 2. The van der Waals surface area contributed by atoms with Crippen molar-refractivity contribution in [2.45, 2.75) is 44.1 Å². The highest BCUT2D eigenvalue weighted by Gasteiger charge is 2.41. The van der Waals surface area contributed by atoms with E-state index in [1.54, 1.807) is 12.1 Å². The summed E-state index contributed by atoms with van der Waals surface area (Å²) in [5.74, 6) is -1.04. The molecular formula is C17H20FNO3. The first kappa shape index (κ1) is 15.0. The van der Waals surface area contributed by atoms with Crippen LogP contribution in [0, 0.1) is 17.7 Å². The van der Waals surface area contributed by atoms with E-state index >= 15 is 0 Å². The fraction of sp³-hybridized carbons (Fsp3) is 0.529. The Labute approximate surface area is 128 Å². The number of nitrogens with one attached hydrogen (secondary N) is 1. The minimum Gasteiger partial charge on any atom is -0.481 e. The van der Waals surface area contributed by atoms with E-state index in [-0.39, 0.29) is 35.5 Å². The molecule has 3 rings (SSSR count). The third-order valence-corrected chi connectivity index (χ3v) is 4.86. The summed E-state index contributed by atoms with van der Waals surface area (Å²) in [6, 6.07) is 6.56. The van der Waals surface area contributed by atoms with Crippen LogP contribution in [0.4, 0.5) is 4.39 Å². The van der Waals surface area contributed by atoms with Gasteiger partial charge in [0.1, 0.15) is 5.82 Å². The first-order valence-electron chi connectivity index (χ1n) is 7.83. The molecule has 0 bridgehead atoms. The van der Waals surface area contributed by atoms with Crippen LogP contribution in [0.2, 0.25) is 0 Å². The summed E-state index contributed by atoms with van der Waals surface area (Å²) in [4.78, 5) is 23.2. The highest BCUT2D eigenvalue weighted by Crippen LogP contribution is 2.41. The van der Waals surface area contributed by atoms with Crippen LogP contribution < -0.4 is 5.32 Å². The molecule has 118 valence electrons. The third kappa shape index (κ3) is 3.29. The van der Waals surface area contributed by atoms with Crippen LogP contribution in [-0.4, -0.2) is 23.0 Å². The van der Waals surface area contributed by atoms with E-state index < -0.39 is 5.97 Å². The van der Waals surface area contributed by atoms with Gasteiger partial charge in [-0.25, -0.2) is 4.39 Å². The second-order valence-electron chi connectivity index (χ2n) is 6.40. The lowest BCUT2D eigenvalue weighted by molar-refractivity contribution is -0.144. The number of aliphatic carboxylic acids is 1. The highest BCUT2D eigenvalue weighted by atomic mass is 19.1. The van der Waals surface area contributed by atoms with Gasteiger partial charge in [0.05, 0.1) is 5.92 Å². The maximum absolute atomic E-state index is 12.9. The van der Waals surface area contributed by atoms with Crippen molar-refractivity contribution in [2.24, 2.45) is 11.8 Å². The molecule has 0 radical (unpaired) electrons. The van der Waals surface area contributed by atoms with Gasteiger partial charge in [-0.3, -0.25) is 9.59 Å². The summed E-state index contributed by atoms with van der Waals surface area (Å²) in [7, 11) is 0. The minimum atomic E-state index is -0.752. The van der Waals surface area contributed by atoms with Crippen LogP contribution in [0.15, 0.2) is 24.3 Å². The van der Waals surface area contributed by atoms with E-state index in [2.05, 4.69) is 5.32 Å². The summed E-state index contributed by atoms with van der Waals surface area (Å²) < 4.78 is 12.9. The molecule has 4 nitrogen and oxygen atoms in total. The third-order valence-electron chi connectivity index (χ3n) is 4.86. The fourth-order valence-electron chi connectivity index (χ4n) is 3.34. The molecular weight excluding hydrogens is 285 g/mol. The molecule has 2 N–H and O–H groups in total. The van der Waals surface area contributed by atoms with Crippen LogP contribution in [0.1, 0.15) is 43.6 Å². The van der Waals surface area contributed by atoms with Crippen LogP contribution in [0.5, 0.6) is 0 Å². The first-order valence-corrected chi connectivity index (χ1v) is 7.83. The summed E-state index contributed by atoms with van der Waals surface area (Å²) in [6.07, 6.45) is 3.36. The zero-order valence-electron chi connectivity index (χ0n) is 12.3. The normalized spacial score (nSPS) is 30.6. The number of benzene rings is 1. The lowest BCUT2D eigenvalue weighted by Gasteiger charge is -2.25. The van der Waals surface area contributed by atoms with Crippen LogP contribution in [0.25, 0.3) is 0 Å². The van der Waals surface area contributed by atoms with Gasteiger partial charge in [0, 0.05) is 17.9 Å². The van der Waals surface area contributed by atoms with Crippen molar-refractivity contribution >= 4 is 11.9 Å². The van der Waals surface area contributed by atoms with Crippen molar-refractivity contribution in [3.63, 3.8) is 0 Å². The van der Waals surface area contributed by atoms with Crippen LogP contribution in [-0.2, 0) is 9.59 Å². The molecule has 0 unspecified atom stereocenters. The molecule has 2 aliphatic rings. The molecule has 0 heterocycles. The average molecular weight is 305 g/mol. The molecule has 2 fully saturated rings. The lowest BCUT2D eigenvalue weighted by Crippen LogP contribution is -2.36. The van der Waals surface area contributed by atoms with E-state index in [9.17, 15) is 14.0 Å². The summed E-state index contributed by atoms with van der Waals surface area (Å²) in [5, 5.41) is 12.0. The van der Waals surface area contributed by atoms with Crippen molar-refractivity contribution in [2.75, 3.05) is 0 Å². The van der Waals surface area contributed by atoms with Crippen LogP contribution >= 0.6 is 0 Å². The SMILES string of the molecule is O=C(O)C1CCC(C(=O)N[C@@H]2C[C@H]2c2ccc(F)cc2)CC1. The number of hydrogen-bond donors (Lipinski definition) is 2. The molecule has 1 aromatic rings. The highest BCUT2D eigenvalue weighted by molar-refractivity contribution is 5.80. The minimum absolute atomic E-state index is 0.0402. The molecule has 0 saturated heterocycles. The van der Waals surface area contributed by atoms with E-state index in [4.69, 9.17) is 5.11 Å². The number of hydrogen-bond acceptors (Lipinski definition) is 2. The van der Waals surface area contributed by atoms with Gasteiger partial charge >= 0.3 is 5.97 Å². The predicted molar refractivity (Wildman–Crippen MR) is 78.8 cm³/mol. The van der Waals surface area contributed by atoms with Crippen LogP contribution in [0.3, 0.4) is 0 Å². The van der Waals surface area contributed by atoms with Crippen molar-refractivity contribution in [3.8, 4) is 0 Å². The summed E-state index contributed by atoms with van der Waals surface area (Å²) in [5.41, 5.74) is 1.06. The molecule has 1 amide bonds. The monoisotopic (exact) mass is 305 g/mol. The molecule has 5 heteroatoms.